The van der Waals surface area contributed by atoms with Crippen LogP contribution in [0.2, 0.25) is 0 Å². The lowest BCUT2D eigenvalue weighted by molar-refractivity contribution is -0.211. The van der Waals surface area contributed by atoms with E-state index in [9.17, 15) is 9.18 Å². The highest BCUT2D eigenvalue weighted by Crippen LogP contribution is 2.20. The second-order valence-electron chi connectivity index (χ2n) is 3.22. The van der Waals surface area contributed by atoms with Crippen LogP contribution in [-0.4, -0.2) is 10.4 Å². The van der Waals surface area contributed by atoms with Crippen LogP contribution in [0.3, 0.4) is 0 Å². The van der Waals surface area contributed by atoms with Crippen LogP contribution in [0.5, 0.6) is 5.75 Å². The predicted molar refractivity (Wildman–Crippen MR) is 66.0 cm³/mol. The van der Waals surface area contributed by atoms with E-state index >= 15 is 0 Å². The summed E-state index contributed by atoms with van der Waals surface area (Å²) in [6.07, 6.45) is 1.86. The lowest BCUT2D eigenvalue weighted by Gasteiger charge is -2.05. The molecule has 5 heteroatoms. The predicted octanol–water partition coefficient (Wildman–Crippen LogP) is 3.05. The molecule has 0 aliphatic rings. The topological polar surface area (TPSA) is 35.5 Å². The van der Waals surface area contributed by atoms with Crippen LogP contribution < -0.4 is 4.89 Å². The zero-order chi connectivity index (χ0) is 12.0. The van der Waals surface area contributed by atoms with E-state index in [1.165, 1.54) is 13.0 Å². The summed E-state index contributed by atoms with van der Waals surface area (Å²) in [5.74, 6) is -1.21. The Morgan fingerprint density at radius 1 is 1.50 bits per heavy atom. The number of halogens is 2. The highest BCUT2D eigenvalue weighted by Gasteiger charge is 2.07. The molecule has 1 rings (SSSR count). The minimum absolute atomic E-state index is 0.0545. The van der Waals surface area contributed by atoms with Gasteiger partial charge in [0.1, 0.15) is 0 Å². The molecule has 0 unspecified atom stereocenters. The minimum Gasteiger partial charge on any atom is -0.284 e. The van der Waals surface area contributed by atoms with Gasteiger partial charge in [-0.05, 0) is 35.0 Å². The Morgan fingerprint density at radius 2 is 2.25 bits per heavy atom. The van der Waals surface area contributed by atoms with Crippen molar-refractivity contribution in [1.82, 2.24) is 0 Å². The smallest absolute Gasteiger partial charge is 0.284 e. The van der Waals surface area contributed by atoms with Crippen LogP contribution in [0.25, 0.3) is 0 Å². The zero-order valence-electron chi connectivity index (χ0n) is 8.83. The van der Waals surface area contributed by atoms with Crippen molar-refractivity contribution in [3.05, 3.63) is 29.6 Å². The Bertz CT molecular complexity index is 368. The summed E-state index contributed by atoms with van der Waals surface area (Å²) >= 11 is 2.28. The molecule has 0 radical (unpaired) electrons. The lowest BCUT2D eigenvalue weighted by atomic mass is 10.1. The maximum Gasteiger partial charge on any atom is 0.352 e. The van der Waals surface area contributed by atoms with Gasteiger partial charge in [0.2, 0.25) is 5.75 Å². The monoisotopic (exact) mass is 338 g/mol. The summed E-state index contributed by atoms with van der Waals surface area (Å²) < 4.78 is 14.3. The number of benzene rings is 1. The number of carbonyl (C=O) groups is 1. The second-order valence-corrected chi connectivity index (χ2v) is 4.29. The van der Waals surface area contributed by atoms with E-state index in [4.69, 9.17) is 0 Å². The van der Waals surface area contributed by atoms with Gasteiger partial charge in [0.15, 0.2) is 5.82 Å². The van der Waals surface area contributed by atoms with Gasteiger partial charge in [-0.2, -0.15) is 0 Å². The van der Waals surface area contributed by atoms with Gasteiger partial charge in [-0.25, -0.2) is 9.18 Å². The summed E-state index contributed by atoms with van der Waals surface area (Å²) in [4.78, 5) is 19.4. The third-order valence-corrected chi connectivity index (χ3v) is 2.61. The molecule has 16 heavy (non-hydrogen) atoms. The van der Waals surface area contributed by atoms with Gasteiger partial charge < -0.3 is 0 Å². The molecule has 0 aromatic heterocycles. The van der Waals surface area contributed by atoms with E-state index in [0.29, 0.717) is 0 Å². The van der Waals surface area contributed by atoms with Gasteiger partial charge in [0.05, 0.1) is 0 Å². The summed E-state index contributed by atoms with van der Waals surface area (Å²) in [5, 5.41) is 0. The molecular weight excluding hydrogens is 326 g/mol. The number of hydrogen-bond acceptors (Lipinski definition) is 3. The maximum atomic E-state index is 13.2. The second kappa shape index (κ2) is 6.67. The lowest BCUT2D eigenvalue weighted by Crippen LogP contribution is -2.04. The standard InChI is InChI=1S/C11H12FIO3/c1-8(14)15-16-11-7-9(3-2-6-13)4-5-10(11)12/h4-5,7H,2-3,6H2,1H3. The molecular formula is C11H12FIO3. The third kappa shape index (κ3) is 4.34. The third-order valence-electron chi connectivity index (χ3n) is 1.84. The minimum atomic E-state index is -0.614. The van der Waals surface area contributed by atoms with E-state index < -0.39 is 11.8 Å². The Kier molecular flexibility index (Phi) is 5.51. The van der Waals surface area contributed by atoms with Gasteiger partial charge >= 0.3 is 5.97 Å². The van der Waals surface area contributed by atoms with E-state index in [-0.39, 0.29) is 5.75 Å². The van der Waals surface area contributed by atoms with Crippen molar-refractivity contribution in [3.8, 4) is 5.75 Å². The number of alkyl halides is 1. The van der Waals surface area contributed by atoms with Crippen molar-refractivity contribution in [2.75, 3.05) is 4.43 Å². The Hall–Kier alpha value is -0.850. The molecule has 0 bridgehead atoms. The van der Waals surface area contributed by atoms with Crippen molar-refractivity contribution in [1.29, 1.82) is 0 Å². The molecule has 88 valence electrons. The summed E-state index contributed by atoms with van der Waals surface area (Å²) in [5.41, 5.74) is 0.959. The quantitative estimate of drug-likeness (QED) is 0.358. The normalized spacial score (nSPS) is 9.94. The molecule has 0 atom stereocenters. The Labute approximate surface area is 107 Å². The Morgan fingerprint density at radius 3 is 2.88 bits per heavy atom. The molecule has 0 saturated heterocycles. The number of rotatable bonds is 5. The van der Waals surface area contributed by atoms with E-state index in [2.05, 4.69) is 32.4 Å². The fourth-order valence-corrected chi connectivity index (χ4v) is 1.52. The molecule has 0 fully saturated rings. The summed E-state index contributed by atoms with van der Waals surface area (Å²) in [6.45, 7) is 1.19. The number of aryl methyl sites for hydroxylation is 1. The highest BCUT2D eigenvalue weighted by atomic mass is 127. The van der Waals surface area contributed by atoms with Crippen molar-refractivity contribution in [2.24, 2.45) is 0 Å². The largest absolute Gasteiger partial charge is 0.352 e. The molecule has 0 aliphatic heterocycles. The highest BCUT2D eigenvalue weighted by molar-refractivity contribution is 14.1. The van der Waals surface area contributed by atoms with Crippen molar-refractivity contribution in [3.63, 3.8) is 0 Å². The van der Waals surface area contributed by atoms with E-state index in [1.807, 2.05) is 0 Å². The van der Waals surface area contributed by atoms with Crippen molar-refractivity contribution >= 4 is 28.6 Å². The van der Waals surface area contributed by atoms with Gasteiger partial charge in [-0.15, -0.1) is 0 Å². The van der Waals surface area contributed by atoms with Gasteiger partial charge in [0, 0.05) is 6.92 Å². The first-order chi connectivity index (χ1) is 7.63. The van der Waals surface area contributed by atoms with Crippen molar-refractivity contribution in [2.45, 2.75) is 19.8 Å². The van der Waals surface area contributed by atoms with Gasteiger partial charge in [-0.1, -0.05) is 28.7 Å². The first-order valence-corrected chi connectivity index (χ1v) is 6.35. The van der Waals surface area contributed by atoms with Crippen LogP contribution in [0.4, 0.5) is 4.39 Å². The van der Waals surface area contributed by atoms with Crippen LogP contribution in [0, 0.1) is 5.82 Å². The van der Waals surface area contributed by atoms with Crippen LogP contribution >= 0.6 is 22.6 Å². The average molecular weight is 338 g/mol. The molecule has 0 saturated carbocycles. The fraction of sp³-hybridized carbons (Fsp3) is 0.364. The SMILES string of the molecule is CC(=O)OOc1cc(CCCI)ccc1F. The molecule has 1 aromatic rings. The van der Waals surface area contributed by atoms with E-state index in [1.54, 1.807) is 12.1 Å². The van der Waals surface area contributed by atoms with Crippen LogP contribution in [0.15, 0.2) is 18.2 Å². The Balaban J connectivity index is 2.69. The molecule has 0 aliphatic carbocycles. The maximum absolute atomic E-state index is 13.2. The average Bonchev–Trinajstić information content (AvgIpc) is 2.26. The van der Waals surface area contributed by atoms with Crippen molar-refractivity contribution < 1.29 is 19.0 Å². The van der Waals surface area contributed by atoms with E-state index in [0.717, 1.165) is 22.8 Å². The summed E-state index contributed by atoms with van der Waals surface area (Å²) in [7, 11) is 0. The first-order valence-electron chi connectivity index (χ1n) is 4.83. The zero-order valence-corrected chi connectivity index (χ0v) is 11.0. The van der Waals surface area contributed by atoms with Crippen LogP contribution in [0.1, 0.15) is 18.9 Å². The fourth-order valence-electron chi connectivity index (χ4n) is 1.14. The summed E-state index contributed by atoms with van der Waals surface area (Å²) in [6, 6.07) is 4.55. The molecule has 1 aromatic carbocycles. The molecule has 3 nitrogen and oxygen atoms in total. The first kappa shape index (κ1) is 13.2. The molecule has 0 amide bonds. The van der Waals surface area contributed by atoms with Gasteiger partial charge in [-0.3, -0.25) is 9.78 Å². The molecule has 0 heterocycles. The number of carbonyl (C=O) groups excluding carboxylic acids is 1. The molecule has 0 N–H and O–H groups in total. The number of hydrogen-bond donors (Lipinski definition) is 0. The molecule has 0 spiro atoms. The van der Waals surface area contributed by atoms with Crippen LogP contribution in [-0.2, 0) is 16.1 Å². The van der Waals surface area contributed by atoms with Gasteiger partial charge in [0.25, 0.3) is 0 Å².